The SMILES string of the molecule is N=c1ccc(=NO)c2c(=O)c3c(N)cccc3c(=O)c1=2. The Labute approximate surface area is 110 Å². The Balaban J connectivity index is 3.00. The molecule has 20 heavy (non-hydrogen) atoms. The van der Waals surface area contributed by atoms with E-state index in [-0.39, 0.29) is 37.6 Å². The van der Waals surface area contributed by atoms with Gasteiger partial charge in [0.05, 0.1) is 21.2 Å². The van der Waals surface area contributed by atoms with E-state index < -0.39 is 10.9 Å². The van der Waals surface area contributed by atoms with Crippen LogP contribution in [0.4, 0.5) is 5.69 Å². The van der Waals surface area contributed by atoms with Gasteiger partial charge in [0.25, 0.3) is 0 Å². The maximum Gasteiger partial charge on any atom is 0.198 e. The molecule has 6 nitrogen and oxygen atoms in total. The molecule has 6 heteroatoms. The molecular formula is C14H9N3O3. The van der Waals surface area contributed by atoms with Crippen LogP contribution in [0.2, 0.25) is 0 Å². The molecular weight excluding hydrogens is 258 g/mol. The topological polar surface area (TPSA) is 117 Å². The number of nitrogens with two attached hydrogens (primary N) is 1. The molecule has 2 aliphatic rings. The summed E-state index contributed by atoms with van der Waals surface area (Å²) in [5.41, 5.74) is 4.99. The van der Waals surface area contributed by atoms with Crippen LogP contribution in [0.3, 0.4) is 0 Å². The van der Waals surface area contributed by atoms with Crippen LogP contribution in [0.5, 0.6) is 0 Å². The first-order chi connectivity index (χ1) is 9.56. The smallest absolute Gasteiger partial charge is 0.198 e. The van der Waals surface area contributed by atoms with Gasteiger partial charge in [-0.25, -0.2) is 0 Å². The molecule has 0 aliphatic heterocycles. The molecule has 0 saturated carbocycles. The van der Waals surface area contributed by atoms with Crippen molar-refractivity contribution in [1.29, 1.82) is 5.41 Å². The highest BCUT2D eigenvalue weighted by Gasteiger charge is 2.12. The summed E-state index contributed by atoms with van der Waals surface area (Å²) in [5, 5.41) is 19.8. The van der Waals surface area contributed by atoms with Crippen LogP contribution in [-0.4, -0.2) is 5.21 Å². The van der Waals surface area contributed by atoms with E-state index in [4.69, 9.17) is 16.4 Å². The number of rotatable bonds is 0. The first-order valence-electron chi connectivity index (χ1n) is 5.78. The van der Waals surface area contributed by atoms with Crippen molar-refractivity contribution in [2.45, 2.75) is 0 Å². The fourth-order valence-electron chi connectivity index (χ4n) is 2.41. The minimum atomic E-state index is -0.505. The molecule has 2 aliphatic carbocycles. The molecule has 0 bridgehead atoms. The molecule has 0 radical (unpaired) electrons. The van der Waals surface area contributed by atoms with E-state index in [0.29, 0.717) is 0 Å². The molecule has 3 rings (SSSR count). The fourth-order valence-corrected chi connectivity index (χ4v) is 2.41. The zero-order chi connectivity index (χ0) is 14.4. The minimum absolute atomic E-state index is 0.0387. The van der Waals surface area contributed by atoms with Gasteiger partial charge in [-0.1, -0.05) is 17.3 Å². The van der Waals surface area contributed by atoms with Crippen molar-refractivity contribution in [2.24, 2.45) is 5.16 Å². The normalized spacial score (nSPS) is 12.3. The fraction of sp³-hybridized carbons (Fsp3) is 0. The van der Waals surface area contributed by atoms with E-state index in [9.17, 15) is 9.59 Å². The van der Waals surface area contributed by atoms with E-state index in [0.717, 1.165) is 0 Å². The maximum atomic E-state index is 12.5. The summed E-state index contributed by atoms with van der Waals surface area (Å²) in [6.45, 7) is 0. The van der Waals surface area contributed by atoms with Crippen molar-refractivity contribution in [3.05, 3.63) is 71.9 Å². The van der Waals surface area contributed by atoms with Gasteiger partial charge in [0.1, 0.15) is 5.36 Å². The van der Waals surface area contributed by atoms with Crippen LogP contribution in [0, 0.1) is 15.8 Å². The minimum Gasteiger partial charge on any atom is -0.410 e. The summed E-state index contributed by atoms with van der Waals surface area (Å²) in [4.78, 5) is 25.0. The molecule has 0 unspecified atom stereocenters. The average molecular weight is 267 g/mol. The van der Waals surface area contributed by atoms with Crippen molar-refractivity contribution < 1.29 is 5.21 Å². The third kappa shape index (κ3) is 1.38. The molecule has 4 N–H and O–H groups in total. The monoisotopic (exact) mass is 267 g/mol. The van der Waals surface area contributed by atoms with Gasteiger partial charge in [-0.2, -0.15) is 0 Å². The number of anilines is 1. The van der Waals surface area contributed by atoms with Crippen LogP contribution in [0.1, 0.15) is 0 Å². The Bertz CT molecular complexity index is 1130. The molecule has 0 amide bonds. The van der Waals surface area contributed by atoms with Crippen LogP contribution in [0.15, 0.2) is 45.1 Å². The van der Waals surface area contributed by atoms with Gasteiger partial charge in [0.15, 0.2) is 10.9 Å². The van der Waals surface area contributed by atoms with E-state index in [1.807, 2.05) is 0 Å². The lowest BCUT2D eigenvalue weighted by Crippen LogP contribution is -2.28. The molecule has 98 valence electrons. The Morgan fingerprint density at radius 3 is 2.50 bits per heavy atom. The van der Waals surface area contributed by atoms with Crippen molar-refractivity contribution in [2.75, 3.05) is 5.73 Å². The summed E-state index contributed by atoms with van der Waals surface area (Å²) in [6, 6.07) is 7.23. The van der Waals surface area contributed by atoms with Crippen molar-refractivity contribution >= 4 is 16.5 Å². The summed E-state index contributed by atoms with van der Waals surface area (Å²) in [6.07, 6.45) is 0. The lowest BCUT2D eigenvalue weighted by atomic mass is 10.0. The van der Waals surface area contributed by atoms with Gasteiger partial charge in [0.2, 0.25) is 0 Å². The quantitative estimate of drug-likeness (QED) is 0.289. The van der Waals surface area contributed by atoms with E-state index in [1.54, 1.807) is 6.07 Å². The Kier molecular flexibility index (Phi) is 2.40. The van der Waals surface area contributed by atoms with E-state index in [1.165, 1.54) is 24.3 Å². The first kappa shape index (κ1) is 12.0. The Hall–Kier alpha value is -3.02. The first-order valence-corrected chi connectivity index (χ1v) is 5.78. The number of nitrogens with zero attached hydrogens (tertiary/aromatic N) is 1. The average Bonchev–Trinajstić information content (AvgIpc) is 2.44. The number of benzene rings is 1. The van der Waals surface area contributed by atoms with Crippen LogP contribution < -0.4 is 27.3 Å². The van der Waals surface area contributed by atoms with Crippen LogP contribution in [0.25, 0.3) is 10.8 Å². The second kappa shape index (κ2) is 3.99. The highest BCUT2D eigenvalue weighted by atomic mass is 16.4. The van der Waals surface area contributed by atoms with Gasteiger partial charge in [-0.15, -0.1) is 0 Å². The zero-order valence-electron chi connectivity index (χ0n) is 10.2. The molecule has 1 aromatic rings. The lowest BCUT2D eigenvalue weighted by molar-refractivity contribution is 0.301. The second-order valence-corrected chi connectivity index (χ2v) is 4.41. The summed E-state index contributed by atoms with van der Waals surface area (Å²) in [5.74, 6) is 0. The summed E-state index contributed by atoms with van der Waals surface area (Å²) in [7, 11) is 0. The predicted octanol–water partition coefficient (Wildman–Crippen LogP) is -0.488. The lowest BCUT2D eigenvalue weighted by Gasteiger charge is -2.01. The van der Waals surface area contributed by atoms with Crippen molar-refractivity contribution in [1.82, 2.24) is 0 Å². The number of nitrogen functional groups attached to an aromatic ring is 1. The number of fused-ring (bicyclic) bond motifs is 1. The second-order valence-electron chi connectivity index (χ2n) is 4.41. The van der Waals surface area contributed by atoms with Crippen molar-refractivity contribution in [3.63, 3.8) is 0 Å². The molecule has 0 heterocycles. The van der Waals surface area contributed by atoms with Gasteiger partial charge < -0.3 is 16.4 Å². The predicted molar refractivity (Wildman–Crippen MR) is 71.8 cm³/mol. The maximum absolute atomic E-state index is 12.5. The molecule has 0 saturated heterocycles. The zero-order valence-corrected chi connectivity index (χ0v) is 10.2. The molecule has 0 aromatic heterocycles. The standard InChI is InChI=1S/C14H9N3O3/c15-7-3-1-2-6-10(7)14(19)12-9(17-20)5-4-8(16)11(12)13(6)18/h1-5,16,20H,15H2. The number of nitrogens with one attached hydrogen (secondary N) is 1. The van der Waals surface area contributed by atoms with E-state index in [2.05, 4.69) is 5.16 Å². The van der Waals surface area contributed by atoms with Crippen LogP contribution >= 0.6 is 0 Å². The van der Waals surface area contributed by atoms with Gasteiger partial charge in [-0.3, -0.25) is 9.59 Å². The van der Waals surface area contributed by atoms with E-state index >= 15 is 0 Å². The molecule has 1 aromatic carbocycles. The summed E-state index contributed by atoms with van der Waals surface area (Å²) >= 11 is 0. The summed E-state index contributed by atoms with van der Waals surface area (Å²) < 4.78 is 0. The molecule has 0 atom stereocenters. The highest BCUT2D eigenvalue weighted by molar-refractivity contribution is 5.92. The highest BCUT2D eigenvalue weighted by Crippen LogP contribution is 2.13. The van der Waals surface area contributed by atoms with Gasteiger partial charge in [0, 0.05) is 11.1 Å². The number of hydrogen-bond donors (Lipinski definition) is 3. The largest absolute Gasteiger partial charge is 0.410 e. The Morgan fingerprint density at radius 1 is 1.05 bits per heavy atom. The number of hydrogen-bond acceptors (Lipinski definition) is 6. The van der Waals surface area contributed by atoms with Gasteiger partial charge in [-0.05, 0) is 18.2 Å². The van der Waals surface area contributed by atoms with Crippen molar-refractivity contribution in [3.8, 4) is 0 Å². The third-order valence-corrected chi connectivity index (χ3v) is 3.31. The molecule has 0 fully saturated rings. The van der Waals surface area contributed by atoms with Gasteiger partial charge >= 0.3 is 0 Å². The van der Waals surface area contributed by atoms with Crippen LogP contribution in [-0.2, 0) is 0 Å². The Morgan fingerprint density at radius 2 is 1.80 bits per heavy atom. The third-order valence-electron chi connectivity index (χ3n) is 3.31. The molecule has 0 spiro atoms.